The highest BCUT2D eigenvalue weighted by molar-refractivity contribution is 7.92. The van der Waals surface area contributed by atoms with Crippen LogP contribution in [-0.2, 0) is 20.0 Å². The molecule has 0 aliphatic heterocycles. The van der Waals surface area contributed by atoms with Gasteiger partial charge < -0.3 is 0 Å². The molecule has 10 heteroatoms. The molecule has 6 nitrogen and oxygen atoms in total. The van der Waals surface area contributed by atoms with Gasteiger partial charge in [-0.2, -0.15) is 0 Å². The minimum Gasteiger partial charge on any atom is -0.284 e. The molecule has 0 aromatic heterocycles. The molecule has 0 amide bonds. The van der Waals surface area contributed by atoms with Crippen LogP contribution in [0.15, 0.2) is 36.4 Å². The zero-order valence-electron chi connectivity index (χ0n) is 12.7. The topological polar surface area (TPSA) is 92.3 Å². The molecule has 0 spiro atoms. The predicted molar refractivity (Wildman–Crippen MR) is 98.8 cm³/mol. The molecular formula is C14H14Cl2N2O4S2. The summed E-state index contributed by atoms with van der Waals surface area (Å²) in [6.07, 6.45) is 2.08. The zero-order valence-corrected chi connectivity index (χ0v) is 15.8. The molecule has 0 radical (unpaired) electrons. The van der Waals surface area contributed by atoms with E-state index in [1.807, 2.05) is 0 Å². The number of nitrogens with one attached hydrogen (secondary N) is 2. The van der Waals surface area contributed by atoms with Crippen molar-refractivity contribution in [3.05, 3.63) is 46.4 Å². The summed E-state index contributed by atoms with van der Waals surface area (Å²) in [5, 5.41) is 0.601. The summed E-state index contributed by atoms with van der Waals surface area (Å²) in [6, 6.07) is 9.30. The van der Waals surface area contributed by atoms with Crippen molar-refractivity contribution in [1.82, 2.24) is 0 Å². The fraction of sp³-hybridized carbons (Fsp3) is 0.143. The summed E-state index contributed by atoms with van der Waals surface area (Å²) >= 11 is 12.4. The van der Waals surface area contributed by atoms with E-state index in [0.29, 0.717) is 32.5 Å². The van der Waals surface area contributed by atoms with Gasteiger partial charge in [0.2, 0.25) is 20.0 Å². The lowest BCUT2D eigenvalue weighted by Gasteiger charge is -2.11. The first-order chi connectivity index (χ1) is 10.9. The van der Waals surface area contributed by atoms with Crippen LogP contribution in [0.2, 0.25) is 10.0 Å². The molecule has 2 rings (SSSR count). The molecule has 130 valence electrons. The van der Waals surface area contributed by atoms with E-state index in [1.54, 1.807) is 24.3 Å². The van der Waals surface area contributed by atoms with Gasteiger partial charge in [-0.3, -0.25) is 9.44 Å². The van der Waals surface area contributed by atoms with E-state index in [9.17, 15) is 16.8 Å². The van der Waals surface area contributed by atoms with Gasteiger partial charge in [-0.05, 0) is 24.3 Å². The minimum absolute atomic E-state index is 0.300. The molecule has 0 aliphatic rings. The van der Waals surface area contributed by atoms with Crippen molar-refractivity contribution in [2.24, 2.45) is 0 Å². The first kappa shape index (κ1) is 18.9. The molecule has 2 N–H and O–H groups in total. The maximum atomic E-state index is 11.2. The van der Waals surface area contributed by atoms with E-state index >= 15 is 0 Å². The Morgan fingerprint density at radius 2 is 1.04 bits per heavy atom. The number of sulfonamides is 2. The van der Waals surface area contributed by atoms with Crippen molar-refractivity contribution in [3.8, 4) is 11.1 Å². The van der Waals surface area contributed by atoms with Gasteiger partial charge in [0.25, 0.3) is 0 Å². The molecule has 0 heterocycles. The maximum absolute atomic E-state index is 11.2. The SMILES string of the molecule is CS(=O)(=O)Nc1ccc(-c2ccc(NS(C)(=O)=O)cc2Cl)c(Cl)c1. The highest BCUT2D eigenvalue weighted by atomic mass is 35.5. The number of hydrogen-bond donors (Lipinski definition) is 2. The lowest BCUT2D eigenvalue weighted by Crippen LogP contribution is -2.09. The second kappa shape index (κ2) is 6.79. The van der Waals surface area contributed by atoms with E-state index < -0.39 is 20.0 Å². The first-order valence-corrected chi connectivity index (χ1v) is 11.0. The van der Waals surface area contributed by atoms with Crippen LogP contribution in [0.25, 0.3) is 11.1 Å². The van der Waals surface area contributed by atoms with Crippen LogP contribution in [0, 0.1) is 0 Å². The molecule has 0 fully saturated rings. The Bertz CT molecular complexity index is 908. The standard InChI is InChI=1S/C14H14Cl2N2O4S2/c1-23(19,20)17-9-3-5-11(13(15)7-9)12-6-4-10(8-14(12)16)18-24(2,21)22/h3-8,17-18H,1-2H3. The third-order valence-corrected chi connectivity index (χ3v) is 4.67. The average Bonchev–Trinajstić information content (AvgIpc) is 2.36. The Morgan fingerprint density at radius 3 is 1.29 bits per heavy atom. The van der Waals surface area contributed by atoms with E-state index in [1.165, 1.54) is 12.1 Å². The van der Waals surface area contributed by atoms with Crippen LogP contribution in [0.3, 0.4) is 0 Å². The molecular weight excluding hydrogens is 395 g/mol. The average molecular weight is 409 g/mol. The monoisotopic (exact) mass is 408 g/mol. The van der Waals surface area contributed by atoms with Gasteiger partial charge in [0.1, 0.15) is 0 Å². The molecule has 0 unspecified atom stereocenters. The van der Waals surface area contributed by atoms with Crippen molar-refractivity contribution in [2.75, 3.05) is 22.0 Å². The van der Waals surface area contributed by atoms with Gasteiger partial charge in [0, 0.05) is 22.5 Å². The lowest BCUT2D eigenvalue weighted by molar-refractivity contribution is 0.605. The van der Waals surface area contributed by atoms with Crippen LogP contribution in [0.5, 0.6) is 0 Å². The summed E-state index contributed by atoms with van der Waals surface area (Å²) in [5.41, 5.74) is 1.84. The smallest absolute Gasteiger partial charge is 0.229 e. The third kappa shape index (κ3) is 5.27. The van der Waals surface area contributed by atoms with Crippen molar-refractivity contribution in [1.29, 1.82) is 0 Å². The molecule has 0 atom stereocenters. The number of benzene rings is 2. The van der Waals surface area contributed by atoms with Gasteiger partial charge in [-0.15, -0.1) is 0 Å². The molecule has 0 aliphatic carbocycles. The van der Waals surface area contributed by atoms with E-state index in [2.05, 4.69) is 9.44 Å². The van der Waals surface area contributed by atoms with Crippen molar-refractivity contribution < 1.29 is 16.8 Å². The fourth-order valence-corrected chi connectivity index (χ4v) is 3.70. The Kier molecular flexibility index (Phi) is 5.34. The van der Waals surface area contributed by atoms with Crippen molar-refractivity contribution in [2.45, 2.75) is 0 Å². The quantitative estimate of drug-likeness (QED) is 0.792. The van der Waals surface area contributed by atoms with Crippen molar-refractivity contribution >= 4 is 54.6 Å². The number of rotatable bonds is 5. The van der Waals surface area contributed by atoms with Crippen molar-refractivity contribution in [3.63, 3.8) is 0 Å². The summed E-state index contributed by atoms with van der Waals surface area (Å²) < 4.78 is 49.6. The Balaban J connectivity index is 2.38. The summed E-state index contributed by atoms with van der Waals surface area (Å²) in [7, 11) is -6.80. The molecule has 0 saturated heterocycles. The second-order valence-corrected chi connectivity index (χ2v) is 9.45. The molecule has 24 heavy (non-hydrogen) atoms. The zero-order chi connectivity index (χ0) is 18.1. The van der Waals surface area contributed by atoms with Gasteiger partial charge >= 0.3 is 0 Å². The molecule has 0 bridgehead atoms. The Morgan fingerprint density at radius 1 is 0.708 bits per heavy atom. The van der Waals surface area contributed by atoms with E-state index in [-0.39, 0.29) is 0 Å². The number of halogens is 2. The van der Waals surface area contributed by atoms with Gasteiger partial charge in [-0.1, -0.05) is 35.3 Å². The molecule has 2 aromatic rings. The number of anilines is 2. The normalized spacial score (nSPS) is 12.0. The second-order valence-electron chi connectivity index (χ2n) is 5.14. The maximum Gasteiger partial charge on any atom is 0.229 e. The fourth-order valence-electron chi connectivity index (χ4n) is 2.02. The summed E-state index contributed by atoms with van der Waals surface area (Å²) in [4.78, 5) is 0. The first-order valence-electron chi connectivity index (χ1n) is 6.50. The summed E-state index contributed by atoms with van der Waals surface area (Å²) in [6.45, 7) is 0. The minimum atomic E-state index is -3.40. The summed E-state index contributed by atoms with van der Waals surface area (Å²) in [5.74, 6) is 0. The lowest BCUT2D eigenvalue weighted by atomic mass is 10.0. The highest BCUT2D eigenvalue weighted by Crippen LogP contribution is 2.36. The van der Waals surface area contributed by atoms with Crippen LogP contribution in [0.4, 0.5) is 11.4 Å². The van der Waals surface area contributed by atoms with Crippen LogP contribution in [-0.4, -0.2) is 29.3 Å². The van der Waals surface area contributed by atoms with Gasteiger partial charge in [0.15, 0.2) is 0 Å². The highest BCUT2D eigenvalue weighted by Gasteiger charge is 2.12. The number of hydrogen-bond acceptors (Lipinski definition) is 4. The van der Waals surface area contributed by atoms with E-state index in [4.69, 9.17) is 23.2 Å². The van der Waals surface area contributed by atoms with Gasteiger partial charge in [-0.25, -0.2) is 16.8 Å². The third-order valence-electron chi connectivity index (χ3n) is 2.83. The molecule has 2 aromatic carbocycles. The van der Waals surface area contributed by atoms with Gasteiger partial charge in [0.05, 0.1) is 22.6 Å². The van der Waals surface area contributed by atoms with E-state index in [0.717, 1.165) is 12.5 Å². The Labute approximate surface area is 150 Å². The van der Waals surface area contributed by atoms with Crippen LogP contribution < -0.4 is 9.44 Å². The van der Waals surface area contributed by atoms with Crippen LogP contribution in [0.1, 0.15) is 0 Å². The largest absolute Gasteiger partial charge is 0.284 e. The van der Waals surface area contributed by atoms with Crippen LogP contribution >= 0.6 is 23.2 Å². The molecule has 0 saturated carbocycles. The predicted octanol–water partition coefficient (Wildman–Crippen LogP) is 3.40. The Hall–Kier alpha value is -1.48.